The van der Waals surface area contributed by atoms with E-state index < -0.39 is 6.18 Å². The largest absolute Gasteiger partial charge is 0.409 e. The molecule has 2 rings (SSSR count). The van der Waals surface area contributed by atoms with Gasteiger partial charge in [-0.3, -0.25) is 0 Å². The third kappa shape index (κ3) is 3.08. The highest BCUT2D eigenvalue weighted by atomic mass is 19.4. The molecule has 0 aromatic heterocycles. The molecule has 0 heterocycles. The van der Waals surface area contributed by atoms with E-state index in [9.17, 15) is 13.2 Å². The quantitative estimate of drug-likeness (QED) is 0.628. The molecule has 0 N–H and O–H groups in total. The summed E-state index contributed by atoms with van der Waals surface area (Å²) in [6.07, 6.45) is -0.650. The number of hydrogen-bond acceptors (Lipinski definition) is 0. The molecule has 0 unspecified atom stereocenters. The minimum atomic E-state index is -4.26. The number of hydrogen-bond donors (Lipinski definition) is 0. The number of fused-ring (bicyclic) bond motifs is 1. The van der Waals surface area contributed by atoms with E-state index in [2.05, 4.69) is 27.7 Å². The molecule has 0 saturated heterocycles. The molecule has 1 aromatic rings. The molecule has 1 aromatic carbocycles. The second kappa shape index (κ2) is 4.64. The van der Waals surface area contributed by atoms with Crippen LogP contribution in [0.5, 0.6) is 0 Å². The summed E-state index contributed by atoms with van der Waals surface area (Å²) in [6.45, 7) is 8.73. The topological polar surface area (TPSA) is 0 Å². The van der Waals surface area contributed by atoms with E-state index in [1.165, 1.54) is 11.1 Å². The molecule has 0 nitrogen and oxygen atoms in total. The van der Waals surface area contributed by atoms with Gasteiger partial charge in [-0.05, 0) is 40.4 Å². The molecule has 0 atom stereocenters. The number of benzene rings is 1. The van der Waals surface area contributed by atoms with Gasteiger partial charge in [0.05, 0.1) is 0 Å². The van der Waals surface area contributed by atoms with Gasteiger partial charge in [-0.15, -0.1) is 0 Å². The molecule has 1 aliphatic rings. The average molecular weight is 282 g/mol. The standard InChI is InChI=1S/C17H21F3/c1-15(2)9-10-16(3,4)14-11-12(5-6-13(14)15)7-8-17(18,19)20/h5-8,11H,9-10H2,1-4H3. The lowest BCUT2D eigenvalue weighted by molar-refractivity contribution is -0.0790. The van der Waals surface area contributed by atoms with Crippen LogP contribution < -0.4 is 0 Å². The maximum Gasteiger partial charge on any atom is 0.409 e. The van der Waals surface area contributed by atoms with E-state index in [0.29, 0.717) is 11.6 Å². The zero-order valence-electron chi connectivity index (χ0n) is 12.4. The second-order valence-electron chi connectivity index (χ2n) is 6.95. The minimum Gasteiger partial charge on any atom is -0.167 e. The van der Waals surface area contributed by atoms with Gasteiger partial charge in [0.1, 0.15) is 0 Å². The van der Waals surface area contributed by atoms with Crippen LogP contribution >= 0.6 is 0 Å². The van der Waals surface area contributed by atoms with Crippen LogP contribution in [-0.2, 0) is 10.8 Å². The van der Waals surface area contributed by atoms with Gasteiger partial charge >= 0.3 is 6.18 Å². The van der Waals surface area contributed by atoms with Gasteiger partial charge in [0.25, 0.3) is 0 Å². The lowest BCUT2D eigenvalue weighted by Crippen LogP contribution is -2.33. The highest BCUT2D eigenvalue weighted by molar-refractivity contribution is 5.55. The Labute approximate surface area is 118 Å². The number of rotatable bonds is 1. The van der Waals surface area contributed by atoms with E-state index >= 15 is 0 Å². The Bertz CT molecular complexity index is 534. The first-order valence-corrected chi connectivity index (χ1v) is 6.92. The van der Waals surface area contributed by atoms with E-state index in [0.717, 1.165) is 18.9 Å². The summed E-state index contributed by atoms with van der Waals surface area (Å²) in [5.74, 6) is 0. The first kappa shape index (κ1) is 15.1. The van der Waals surface area contributed by atoms with Crippen molar-refractivity contribution >= 4 is 6.08 Å². The molecule has 0 bridgehead atoms. The predicted molar refractivity (Wildman–Crippen MR) is 76.8 cm³/mol. The number of halogens is 3. The molecule has 110 valence electrons. The fourth-order valence-electron chi connectivity index (χ4n) is 2.90. The van der Waals surface area contributed by atoms with Crippen LogP contribution in [0.3, 0.4) is 0 Å². The van der Waals surface area contributed by atoms with Crippen LogP contribution in [0.1, 0.15) is 57.2 Å². The third-order valence-electron chi connectivity index (χ3n) is 4.34. The highest BCUT2D eigenvalue weighted by Gasteiger charge is 2.36. The van der Waals surface area contributed by atoms with Crippen molar-refractivity contribution in [3.05, 3.63) is 41.0 Å². The summed E-state index contributed by atoms with van der Waals surface area (Å²) < 4.78 is 36.8. The first-order chi connectivity index (χ1) is 9.01. The van der Waals surface area contributed by atoms with Crippen LogP contribution in [0, 0.1) is 0 Å². The summed E-state index contributed by atoms with van der Waals surface area (Å²) in [5, 5.41) is 0. The van der Waals surface area contributed by atoms with Crippen LogP contribution in [0.2, 0.25) is 0 Å². The molecule has 0 radical (unpaired) electrons. The lowest BCUT2D eigenvalue weighted by atomic mass is 9.63. The van der Waals surface area contributed by atoms with Crippen LogP contribution in [0.15, 0.2) is 24.3 Å². The summed E-state index contributed by atoms with van der Waals surface area (Å²) in [7, 11) is 0. The summed E-state index contributed by atoms with van der Waals surface area (Å²) >= 11 is 0. The van der Waals surface area contributed by atoms with E-state index in [4.69, 9.17) is 0 Å². The fourth-order valence-corrected chi connectivity index (χ4v) is 2.90. The van der Waals surface area contributed by atoms with Gasteiger partial charge in [0, 0.05) is 6.08 Å². The molecule has 20 heavy (non-hydrogen) atoms. The van der Waals surface area contributed by atoms with Crippen molar-refractivity contribution in [3.8, 4) is 0 Å². The normalized spacial score (nSPS) is 20.9. The van der Waals surface area contributed by atoms with Crippen LogP contribution in [-0.4, -0.2) is 6.18 Å². The average Bonchev–Trinajstić information content (AvgIpc) is 2.32. The molecule has 3 heteroatoms. The van der Waals surface area contributed by atoms with Gasteiger partial charge < -0.3 is 0 Å². The second-order valence-corrected chi connectivity index (χ2v) is 6.95. The Morgan fingerprint density at radius 3 is 2.05 bits per heavy atom. The lowest BCUT2D eigenvalue weighted by Gasteiger charge is -2.42. The molecule has 0 fully saturated rings. The number of allylic oxidation sites excluding steroid dienone is 1. The maximum atomic E-state index is 12.3. The summed E-state index contributed by atoms with van der Waals surface area (Å²) in [6, 6.07) is 5.69. The van der Waals surface area contributed by atoms with Crippen LogP contribution in [0.4, 0.5) is 13.2 Å². The van der Waals surface area contributed by atoms with Crippen LogP contribution in [0.25, 0.3) is 6.08 Å². The van der Waals surface area contributed by atoms with Gasteiger partial charge in [-0.25, -0.2) is 0 Å². The zero-order chi connectivity index (χ0) is 15.2. The van der Waals surface area contributed by atoms with Crippen molar-refractivity contribution in [1.29, 1.82) is 0 Å². The first-order valence-electron chi connectivity index (χ1n) is 6.92. The van der Waals surface area contributed by atoms with Gasteiger partial charge in [0.2, 0.25) is 0 Å². The molecule has 0 spiro atoms. The summed E-state index contributed by atoms with van der Waals surface area (Å²) in [4.78, 5) is 0. The van der Waals surface area contributed by atoms with Gasteiger partial charge in [0.15, 0.2) is 0 Å². The fraction of sp³-hybridized carbons (Fsp3) is 0.529. The van der Waals surface area contributed by atoms with Crippen molar-refractivity contribution in [1.82, 2.24) is 0 Å². The molecule has 0 aliphatic heterocycles. The Morgan fingerprint density at radius 2 is 1.50 bits per heavy atom. The predicted octanol–water partition coefficient (Wildman–Crippen LogP) is 5.61. The number of alkyl halides is 3. The van der Waals surface area contributed by atoms with E-state index in [1.807, 2.05) is 12.1 Å². The molecule has 0 saturated carbocycles. The van der Waals surface area contributed by atoms with Crippen molar-refractivity contribution < 1.29 is 13.2 Å². The molecular weight excluding hydrogens is 261 g/mol. The maximum absolute atomic E-state index is 12.3. The smallest absolute Gasteiger partial charge is 0.167 e. The molecule has 1 aliphatic carbocycles. The Morgan fingerprint density at radius 1 is 0.950 bits per heavy atom. The van der Waals surface area contributed by atoms with Gasteiger partial charge in [-0.1, -0.05) is 52.0 Å². The Hall–Kier alpha value is -1.25. The Kier molecular flexibility index (Phi) is 3.52. The SMILES string of the molecule is CC1(C)CCC(C)(C)c2cc(C=CC(F)(F)F)ccc21. The van der Waals surface area contributed by atoms with Crippen molar-refractivity contribution in [2.45, 2.75) is 57.5 Å². The zero-order valence-corrected chi connectivity index (χ0v) is 12.4. The van der Waals surface area contributed by atoms with E-state index in [-0.39, 0.29) is 10.8 Å². The van der Waals surface area contributed by atoms with Gasteiger partial charge in [-0.2, -0.15) is 13.2 Å². The van der Waals surface area contributed by atoms with E-state index in [1.54, 1.807) is 6.07 Å². The molecular formula is C17H21F3. The third-order valence-corrected chi connectivity index (χ3v) is 4.34. The minimum absolute atomic E-state index is 0.0208. The Balaban J connectivity index is 2.46. The summed E-state index contributed by atoms with van der Waals surface area (Å²) in [5.41, 5.74) is 3.17. The van der Waals surface area contributed by atoms with Crippen molar-refractivity contribution in [2.75, 3.05) is 0 Å². The van der Waals surface area contributed by atoms with Crippen molar-refractivity contribution in [3.63, 3.8) is 0 Å². The van der Waals surface area contributed by atoms with Crippen molar-refractivity contribution in [2.24, 2.45) is 0 Å². The molecule has 0 amide bonds. The monoisotopic (exact) mass is 282 g/mol. The highest BCUT2D eigenvalue weighted by Crippen LogP contribution is 2.46.